The molecule has 106 valence electrons. The molecule has 1 fully saturated rings. The fraction of sp³-hybridized carbons (Fsp3) is 0.471. The van der Waals surface area contributed by atoms with E-state index in [2.05, 4.69) is 18.8 Å². The highest BCUT2D eigenvalue weighted by molar-refractivity contribution is 6.01. The van der Waals surface area contributed by atoms with E-state index in [9.17, 15) is 5.11 Å². The van der Waals surface area contributed by atoms with E-state index in [-0.39, 0.29) is 5.88 Å². The number of hydrogen-bond donors (Lipinski definition) is 2. The van der Waals surface area contributed by atoms with Gasteiger partial charge in [-0.2, -0.15) is 0 Å². The van der Waals surface area contributed by atoms with Crippen molar-refractivity contribution < 1.29 is 5.11 Å². The maximum atomic E-state index is 10.0. The third-order valence-corrected chi connectivity index (χ3v) is 4.78. The summed E-state index contributed by atoms with van der Waals surface area (Å²) in [6, 6.07) is 8.31. The number of rotatable bonds is 2. The molecule has 3 heteroatoms. The Hall–Kier alpha value is -1.77. The molecule has 0 aliphatic heterocycles. The summed E-state index contributed by atoms with van der Waals surface area (Å²) in [5.41, 5.74) is 1.77. The van der Waals surface area contributed by atoms with Crippen LogP contribution in [-0.2, 0) is 0 Å². The molecule has 0 spiro atoms. The first-order valence-electron chi connectivity index (χ1n) is 7.49. The van der Waals surface area contributed by atoms with Crippen LogP contribution in [0.25, 0.3) is 10.9 Å². The number of fused-ring (bicyclic) bond motifs is 1. The molecule has 2 N–H and O–H groups in total. The molecule has 1 saturated carbocycles. The second kappa shape index (κ2) is 5.31. The maximum Gasteiger partial charge on any atom is 0.198 e. The van der Waals surface area contributed by atoms with Gasteiger partial charge in [-0.25, -0.2) is 0 Å². The molecule has 3 nitrogen and oxygen atoms in total. The lowest BCUT2D eigenvalue weighted by Gasteiger charge is -2.31. The van der Waals surface area contributed by atoms with E-state index in [0.717, 1.165) is 28.8 Å². The number of para-hydroxylation sites is 1. The van der Waals surface area contributed by atoms with Crippen molar-refractivity contribution in [3.8, 4) is 5.88 Å². The van der Waals surface area contributed by atoms with Gasteiger partial charge in [0.15, 0.2) is 5.88 Å². The normalized spacial score (nSPS) is 27.4. The summed E-state index contributed by atoms with van der Waals surface area (Å²) in [7, 11) is 0. The lowest BCUT2D eigenvalue weighted by atomic mass is 9.78. The van der Waals surface area contributed by atoms with E-state index in [1.165, 1.54) is 12.8 Å². The van der Waals surface area contributed by atoms with E-state index in [1.807, 2.05) is 30.5 Å². The predicted octanol–water partition coefficient (Wildman–Crippen LogP) is 4.12. The number of benzene rings is 1. The number of H-pyrrole nitrogens is 1. The molecule has 0 unspecified atom stereocenters. The Labute approximate surface area is 119 Å². The molecule has 1 heterocycles. The number of aromatic nitrogens is 1. The van der Waals surface area contributed by atoms with Crippen LogP contribution >= 0.6 is 0 Å². The molecule has 1 aliphatic rings. The fourth-order valence-electron chi connectivity index (χ4n) is 3.21. The third kappa shape index (κ3) is 2.33. The summed E-state index contributed by atoms with van der Waals surface area (Å²) in [4.78, 5) is 7.76. The molecule has 2 aromatic rings. The number of nitrogens with one attached hydrogen (secondary N) is 1. The van der Waals surface area contributed by atoms with Crippen LogP contribution in [0.4, 0.5) is 0 Å². The summed E-state index contributed by atoms with van der Waals surface area (Å²) < 4.78 is 0. The van der Waals surface area contributed by atoms with Crippen molar-refractivity contribution in [3.63, 3.8) is 0 Å². The van der Waals surface area contributed by atoms with Crippen molar-refractivity contribution >= 4 is 17.1 Å². The van der Waals surface area contributed by atoms with Gasteiger partial charge in [0.25, 0.3) is 0 Å². The Morgan fingerprint density at radius 2 is 2.05 bits per heavy atom. The molecular formula is C17H22N2O. The summed E-state index contributed by atoms with van der Waals surface area (Å²) in [5, 5.41) is 11.1. The average Bonchev–Trinajstić information content (AvgIpc) is 2.76. The van der Waals surface area contributed by atoms with Crippen molar-refractivity contribution in [1.82, 2.24) is 4.98 Å². The Kier molecular flexibility index (Phi) is 3.51. The smallest absolute Gasteiger partial charge is 0.198 e. The SMILES string of the molecule is C[C@@H]1[C@H](C)CCC[C@@H]1N=Cc1c(O)[nH]c2ccccc12. The van der Waals surface area contributed by atoms with Crippen molar-refractivity contribution in [1.29, 1.82) is 0 Å². The van der Waals surface area contributed by atoms with Crippen molar-refractivity contribution in [2.75, 3.05) is 0 Å². The summed E-state index contributed by atoms with van der Waals surface area (Å²) in [5.74, 6) is 1.57. The van der Waals surface area contributed by atoms with Gasteiger partial charge < -0.3 is 10.1 Å². The van der Waals surface area contributed by atoms with E-state index in [0.29, 0.717) is 12.0 Å². The van der Waals surface area contributed by atoms with Gasteiger partial charge in [-0.15, -0.1) is 0 Å². The van der Waals surface area contributed by atoms with E-state index < -0.39 is 0 Å². The second-order valence-electron chi connectivity index (χ2n) is 6.05. The zero-order chi connectivity index (χ0) is 14.1. The van der Waals surface area contributed by atoms with E-state index in [1.54, 1.807) is 0 Å². The number of aromatic hydroxyl groups is 1. The second-order valence-corrected chi connectivity index (χ2v) is 6.05. The Morgan fingerprint density at radius 1 is 1.25 bits per heavy atom. The van der Waals surface area contributed by atoms with Crippen LogP contribution in [0.1, 0.15) is 38.7 Å². The van der Waals surface area contributed by atoms with Gasteiger partial charge in [-0.05, 0) is 24.3 Å². The zero-order valence-electron chi connectivity index (χ0n) is 12.1. The van der Waals surface area contributed by atoms with Crippen LogP contribution in [0.15, 0.2) is 29.3 Å². The highest BCUT2D eigenvalue weighted by Crippen LogP contribution is 2.32. The van der Waals surface area contributed by atoms with Crippen LogP contribution in [0.5, 0.6) is 5.88 Å². The molecule has 1 aliphatic carbocycles. The predicted molar refractivity (Wildman–Crippen MR) is 83.5 cm³/mol. The zero-order valence-corrected chi connectivity index (χ0v) is 12.1. The molecule has 0 saturated heterocycles. The van der Waals surface area contributed by atoms with Crippen molar-refractivity contribution in [3.05, 3.63) is 29.8 Å². The first kappa shape index (κ1) is 13.2. The molecule has 1 aromatic carbocycles. The molecule has 20 heavy (non-hydrogen) atoms. The molecule has 0 bridgehead atoms. The highest BCUT2D eigenvalue weighted by Gasteiger charge is 2.26. The van der Waals surface area contributed by atoms with Gasteiger partial charge in [0.1, 0.15) is 0 Å². The quantitative estimate of drug-likeness (QED) is 0.792. The molecule has 0 radical (unpaired) electrons. The Morgan fingerprint density at radius 3 is 2.90 bits per heavy atom. The number of nitrogens with zero attached hydrogens (tertiary/aromatic N) is 1. The summed E-state index contributed by atoms with van der Waals surface area (Å²) in [6.45, 7) is 4.61. The van der Waals surface area contributed by atoms with Gasteiger partial charge >= 0.3 is 0 Å². The highest BCUT2D eigenvalue weighted by atomic mass is 16.3. The lowest BCUT2D eigenvalue weighted by Crippen LogP contribution is -2.27. The topological polar surface area (TPSA) is 48.4 Å². The van der Waals surface area contributed by atoms with Crippen molar-refractivity contribution in [2.24, 2.45) is 16.8 Å². The fourth-order valence-corrected chi connectivity index (χ4v) is 3.21. The lowest BCUT2D eigenvalue weighted by molar-refractivity contribution is 0.242. The van der Waals surface area contributed by atoms with Gasteiger partial charge in [-0.1, -0.05) is 44.9 Å². The molecular weight excluding hydrogens is 248 g/mol. The summed E-state index contributed by atoms with van der Waals surface area (Å²) >= 11 is 0. The maximum absolute atomic E-state index is 10.0. The Balaban J connectivity index is 1.89. The largest absolute Gasteiger partial charge is 0.494 e. The molecule has 0 amide bonds. The van der Waals surface area contributed by atoms with Crippen LogP contribution in [-0.4, -0.2) is 22.3 Å². The van der Waals surface area contributed by atoms with Crippen molar-refractivity contribution in [2.45, 2.75) is 39.2 Å². The molecule has 1 aromatic heterocycles. The minimum atomic E-state index is 0.214. The van der Waals surface area contributed by atoms with Gasteiger partial charge in [0.2, 0.25) is 0 Å². The van der Waals surface area contributed by atoms with Crippen LogP contribution in [0.2, 0.25) is 0 Å². The monoisotopic (exact) mass is 270 g/mol. The van der Waals surface area contributed by atoms with Gasteiger partial charge in [0, 0.05) is 17.1 Å². The summed E-state index contributed by atoms with van der Waals surface area (Å²) in [6.07, 6.45) is 5.58. The molecule has 3 atom stereocenters. The van der Waals surface area contributed by atoms with Gasteiger partial charge in [-0.3, -0.25) is 4.99 Å². The van der Waals surface area contributed by atoms with Crippen LogP contribution in [0, 0.1) is 11.8 Å². The Bertz CT molecular complexity index is 629. The standard InChI is InChI=1S/C17H22N2O/c1-11-6-5-9-15(12(11)2)18-10-14-13-7-3-4-8-16(13)19-17(14)20/h3-4,7-8,10-12,15,19-20H,5-6,9H2,1-2H3/t11-,12-,15+/m1/s1. The first-order chi connectivity index (χ1) is 9.66. The minimum Gasteiger partial charge on any atom is -0.494 e. The number of aliphatic imine (C=N–C) groups is 1. The number of aromatic amines is 1. The minimum absolute atomic E-state index is 0.214. The van der Waals surface area contributed by atoms with Crippen LogP contribution < -0.4 is 0 Å². The average molecular weight is 270 g/mol. The van der Waals surface area contributed by atoms with E-state index in [4.69, 9.17) is 4.99 Å². The van der Waals surface area contributed by atoms with E-state index >= 15 is 0 Å². The van der Waals surface area contributed by atoms with Gasteiger partial charge in [0.05, 0.1) is 11.6 Å². The number of hydrogen-bond acceptors (Lipinski definition) is 2. The third-order valence-electron chi connectivity index (χ3n) is 4.78. The molecule has 3 rings (SSSR count). The first-order valence-corrected chi connectivity index (χ1v) is 7.49. The van der Waals surface area contributed by atoms with Crippen LogP contribution in [0.3, 0.4) is 0 Å².